The molecule has 0 spiro atoms. The fraction of sp³-hybridized carbons (Fsp3) is 0.479. The van der Waals surface area contributed by atoms with Crippen molar-refractivity contribution in [3.8, 4) is 16.9 Å². The van der Waals surface area contributed by atoms with E-state index in [-0.39, 0.29) is 116 Å². The van der Waals surface area contributed by atoms with Crippen LogP contribution in [0.2, 0.25) is 0 Å². The lowest BCUT2D eigenvalue weighted by atomic mass is 9.39. The summed E-state index contributed by atoms with van der Waals surface area (Å²) < 4.78 is 38.7. The molecule has 10 N–H and O–H groups in total. The van der Waals surface area contributed by atoms with Crippen LogP contribution in [-0.4, -0.2) is 206 Å². The number of carboxylic acid groups (broad SMARTS) is 2. The van der Waals surface area contributed by atoms with Crippen molar-refractivity contribution in [3.63, 3.8) is 0 Å². The van der Waals surface area contributed by atoms with Crippen LogP contribution in [0.4, 0.5) is 21.4 Å². The number of nitrogens with one attached hydrogen (secondary N) is 3. The number of pyridine rings is 2. The van der Waals surface area contributed by atoms with Crippen LogP contribution in [0, 0.1) is 23.2 Å². The number of aliphatic hydroxyl groups excluding tert-OH is 3. The molecule has 7 aliphatic rings. The molecule has 13 rings (SSSR count). The minimum atomic E-state index is -4.46. The average molecular weight is 1500 g/mol. The molecule has 31 nitrogen and oxygen atoms in total. The average Bonchev–Trinajstić information content (AvgIpc) is 0.755. The number of imide groups is 1. The van der Waals surface area contributed by atoms with Gasteiger partial charge in [-0.2, -0.15) is 10.1 Å². The topological polar surface area (TPSA) is 434 Å². The lowest BCUT2D eigenvalue weighted by Crippen LogP contribution is -2.64. The van der Waals surface area contributed by atoms with Gasteiger partial charge in [-0.1, -0.05) is 55.9 Å². The van der Waals surface area contributed by atoms with Gasteiger partial charge in [0.2, 0.25) is 18.1 Å². The number of rotatable bonds is 31. The number of thiazole rings is 1. The van der Waals surface area contributed by atoms with E-state index in [2.05, 4.69) is 39.8 Å². The summed E-state index contributed by atoms with van der Waals surface area (Å²) in [6.45, 7) is 7.73. The second-order valence-corrected chi connectivity index (χ2v) is 32.0. The summed E-state index contributed by atoms with van der Waals surface area (Å²) in [5.41, 5.74) is 3.72. The number of ether oxygens (including phenoxy) is 4. The number of unbranched alkanes of at least 4 members (excludes halogenated alkanes) is 2. The van der Waals surface area contributed by atoms with E-state index in [1.165, 1.54) is 58.7 Å². The standard InChI is InChI=1S/C73H86N11O20PS/c1-43-48(46-17-19-53(78-58(46)65(93)94)82-28-23-45-12-7-13-47(49(45)35-82)64(92)80-68-79-63-52(106-68)14-8-24-75-63)34-76-84(43)42-72-37-70(2)36-71(3,38-72)40-73(39-70,41-72)102-31-29-81(26-10-32-105(98,99)100)69(97)101-30-9-11-44-16-18-51(103-67-61(91)59(89)60(90)62(104-67)66(95)96)50(33-44)77-55(86)22-25-74-54(85)15-5-4-6-27-83-56(87)20-21-57(83)88/h7-9,11-14,16-21,24,33-34,59-62,67,89-91H,4-6,10,15,22-23,25-32,35-42H2,1-3H3,(H,74,85)(H,77,86)(H,93,94)(H,95,96)(H2,98,99,100)(H,75,79,80,92)/b11-9+/t59-,60-,61+,62-,67+,70?,71?,72?,73?/m0/s1. The van der Waals surface area contributed by atoms with Gasteiger partial charge in [-0.05, 0) is 153 Å². The molecule has 2 aromatic carbocycles. The van der Waals surface area contributed by atoms with Crippen LogP contribution >= 0.6 is 18.9 Å². The smallest absolute Gasteiger partial charge is 0.410 e. The number of nitrogens with zero attached hydrogens (tertiary/aromatic N) is 8. The van der Waals surface area contributed by atoms with Gasteiger partial charge >= 0.3 is 25.6 Å². The van der Waals surface area contributed by atoms with E-state index in [1.807, 2.05) is 46.8 Å². The number of aliphatic carboxylic acids is 1. The molecule has 7 atom stereocenters. The number of hydrogen-bond acceptors (Lipinski definition) is 22. The van der Waals surface area contributed by atoms with Crippen LogP contribution in [0.15, 0.2) is 91.3 Å². The number of carbonyl (C=O) groups excluding carboxylic acids is 6. The van der Waals surface area contributed by atoms with Gasteiger partial charge in [0.05, 0.1) is 35.0 Å². The van der Waals surface area contributed by atoms with Crippen LogP contribution in [0.25, 0.3) is 27.6 Å². The molecule has 4 saturated carbocycles. The molecule has 106 heavy (non-hydrogen) atoms. The van der Waals surface area contributed by atoms with E-state index in [1.54, 1.807) is 24.5 Å². The van der Waals surface area contributed by atoms with E-state index in [0.29, 0.717) is 90.6 Å². The Morgan fingerprint density at radius 2 is 1.60 bits per heavy atom. The van der Waals surface area contributed by atoms with Crippen LogP contribution in [-0.2, 0) is 62.3 Å². The van der Waals surface area contributed by atoms with Crippen molar-refractivity contribution in [2.24, 2.45) is 16.2 Å². The maximum absolute atomic E-state index is 14.0. The maximum atomic E-state index is 14.0. The van der Waals surface area contributed by atoms with Crippen molar-refractivity contribution in [1.82, 2.24) is 39.8 Å². The molecule has 6 aromatic rings. The zero-order valence-electron chi connectivity index (χ0n) is 58.8. The molecule has 5 fully saturated rings. The van der Waals surface area contributed by atoms with Crippen LogP contribution < -0.4 is 25.6 Å². The fourth-order valence-electron chi connectivity index (χ4n) is 17.0. The van der Waals surface area contributed by atoms with Crippen LogP contribution in [0.1, 0.15) is 134 Å². The van der Waals surface area contributed by atoms with Gasteiger partial charge in [0.25, 0.3) is 17.7 Å². The summed E-state index contributed by atoms with van der Waals surface area (Å²) in [6.07, 6.45) is 4.57. The highest BCUT2D eigenvalue weighted by Crippen LogP contribution is 2.72. The Morgan fingerprint density at radius 1 is 0.830 bits per heavy atom. The fourth-order valence-corrected chi connectivity index (χ4v) is 18.3. The van der Waals surface area contributed by atoms with E-state index in [0.717, 1.165) is 58.5 Å². The van der Waals surface area contributed by atoms with Gasteiger partial charge < -0.3 is 74.7 Å². The monoisotopic (exact) mass is 1500 g/mol. The van der Waals surface area contributed by atoms with Crippen LogP contribution in [0.3, 0.4) is 0 Å². The number of amides is 6. The van der Waals surface area contributed by atoms with Gasteiger partial charge in [0.1, 0.15) is 36.5 Å². The van der Waals surface area contributed by atoms with E-state index >= 15 is 0 Å². The predicted molar refractivity (Wildman–Crippen MR) is 384 cm³/mol. The zero-order valence-corrected chi connectivity index (χ0v) is 60.5. The number of aromatic carboxylic acids is 1. The minimum Gasteiger partial charge on any atom is -0.479 e. The molecule has 33 heteroatoms. The van der Waals surface area contributed by atoms with Crippen molar-refractivity contribution in [1.29, 1.82) is 0 Å². The normalized spacial score (nSPS) is 24.5. The number of fused-ring (bicyclic) bond motifs is 2. The van der Waals surface area contributed by atoms with Crippen molar-refractivity contribution in [2.45, 2.75) is 154 Å². The number of aromatic nitrogens is 5. The molecule has 4 aliphatic carbocycles. The lowest BCUT2D eigenvalue weighted by Gasteiger charge is -2.69. The molecule has 3 aliphatic heterocycles. The summed E-state index contributed by atoms with van der Waals surface area (Å²) in [5.74, 6) is -4.63. The Labute approximate surface area is 613 Å². The van der Waals surface area contributed by atoms with Gasteiger partial charge in [-0.25, -0.2) is 24.4 Å². The predicted octanol–water partition coefficient (Wildman–Crippen LogP) is 6.83. The maximum Gasteiger partial charge on any atom is 0.410 e. The summed E-state index contributed by atoms with van der Waals surface area (Å²) in [6, 6.07) is 17.2. The molecule has 6 amide bonds. The number of carbonyl (C=O) groups is 8. The third kappa shape index (κ3) is 17.7. The van der Waals surface area contributed by atoms with Crippen molar-refractivity contribution in [2.75, 3.05) is 67.6 Å². The summed E-state index contributed by atoms with van der Waals surface area (Å²) >= 11 is 1.33. The van der Waals surface area contributed by atoms with Crippen molar-refractivity contribution in [3.05, 3.63) is 125 Å². The molecule has 4 bridgehead atoms. The second kappa shape index (κ2) is 31.6. The number of aliphatic hydroxyl groups is 3. The van der Waals surface area contributed by atoms with E-state index in [9.17, 15) is 78.2 Å². The Morgan fingerprint density at radius 3 is 2.34 bits per heavy atom. The zero-order chi connectivity index (χ0) is 75.5. The minimum absolute atomic E-state index is 0.0155. The first-order valence-corrected chi connectivity index (χ1v) is 37.8. The first kappa shape index (κ1) is 76.3. The molecule has 2 unspecified atom stereocenters. The Balaban J connectivity index is 0.680. The highest BCUT2D eigenvalue weighted by molar-refractivity contribution is 7.51. The summed E-state index contributed by atoms with van der Waals surface area (Å²) in [7, 11) is -4.46. The van der Waals surface area contributed by atoms with Gasteiger partial charge in [-0.3, -0.25) is 43.4 Å². The summed E-state index contributed by atoms with van der Waals surface area (Å²) in [4.78, 5) is 140. The van der Waals surface area contributed by atoms with Crippen LogP contribution in [0.5, 0.6) is 5.75 Å². The third-order valence-corrected chi connectivity index (χ3v) is 22.4. The van der Waals surface area contributed by atoms with Crippen molar-refractivity contribution >= 4 is 99.6 Å². The molecule has 1 saturated heterocycles. The molecular formula is C73H86N11O20PS. The Hall–Kier alpha value is -9.37. The number of hydrogen-bond donors (Lipinski definition) is 10. The van der Waals surface area contributed by atoms with Gasteiger partial charge in [0.15, 0.2) is 22.6 Å². The Kier molecular flexibility index (Phi) is 22.7. The number of benzene rings is 2. The molecule has 7 heterocycles. The lowest BCUT2D eigenvalue weighted by molar-refractivity contribution is -0.271. The summed E-state index contributed by atoms with van der Waals surface area (Å²) in [5, 5.41) is 65.6. The van der Waals surface area contributed by atoms with E-state index < -0.39 is 74.0 Å². The molecule has 0 radical (unpaired) electrons. The first-order chi connectivity index (χ1) is 50.5. The SMILES string of the molecule is Cc1c(-c2ccc(N3CCc4cccc(C(=O)Nc5nc6ncccc6s5)c4C3)nc2C(=O)O)cnn1CC12CC3(C)CC(C)(C1)CC(OCCN(CCCP(=O)(O)O)C(=O)OC/C=C/c1ccc(O[C@@H]4O[C@H](C(=O)O)[C@@H](O)[C@H](O)[C@H]4O)c(NC(=O)CCNC(=O)CCCCCN4C(=O)C=CC4=O)c1)(C3)C2. The molecular weight excluding hydrogens is 1410 g/mol. The highest BCUT2D eigenvalue weighted by atomic mass is 32.1. The number of anilines is 3. The molecule has 4 aromatic heterocycles. The van der Waals surface area contributed by atoms with Gasteiger partial charge in [-0.15, -0.1) is 0 Å². The second-order valence-electron chi connectivity index (χ2n) is 29.2. The Bertz CT molecular complexity index is 4430. The quantitative estimate of drug-likeness (QED) is 0.0121. The van der Waals surface area contributed by atoms with E-state index in [4.69, 9.17) is 29.0 Å². The van der Waals surface area contributed by atoms with Gasteiger partial charge in [0, 0.05) is 99.4 Å². The highest BCUT2D eigenvalue weighted by Gasteiger charge is 2.66. The van der Waals surface area contributed by atoms with Crippen molar-refractivity contribution < 1.29 is 97.2 Å². The molecule has 564 valence electrons. The third-order valence-electron chi connectivity index (χ3n) is 20.6. The largest absolute Gasteiger partial charge is 0.479 e. The first-order valence-electron chi connectivity index (χ1n) is 35.2. The number of carboxylic acids is 2.